The average Bonchev–Trinajstić information content (AvgIpc) is 2.69. The van der Waals surface area contributed by atoms with Crippen LogP contribution in [0.5, 0.6) is 5.75 Å². The highest BCUT2D eigenvalue weighted by atomic mass is 16.6. The first-order valence-corrected chi connectivity index (χ1v) is 9.94. The standard InChI is InChI=1S/C21H24N2O6/c24-18-13-20(25)22-21(26)16(18)11-15-8-9-19(17(12-15)23(27)28)29-10-4-7-14-5-2-1-3-6-14/h8-9,11-12,14H,1-7,10,13H2,(H,22,25,26)/b16-11+. The summed E-state index contributed by atoms with van der Waals surface area (Å²) >= 11 is 0. The van der Waals surface area contributed by atoms with Crippen molar-refractivity contribution >= 4 is 29.4 Å². The molecule has 1 aromatic rings. The van der Waals surface area contributed by atoms with Gasteiger partial charge in [0.1, 0.15) is 0 Å². The van der Waals surface area contributed by atoms with Gasteiger partial charge >= 0.3 is 5.69 Å². The molecule has 154 valence electrons. The summed E-state index contributed by atoms with van der Waals surface area (Å²) in [7, 11) is 0. The van der Waals surface area contributed by atoms with Crippen LogP contribution < -0.4 is 10.1 Å². The fourth-order valence-corrected chi connectivity index (χ4v) is 3.84. The molecule has 2 amide bonds. The smallest absolute Gasteiger partial charge is 0.311 e. The number of ketones is 1. The van der Waals surface area contributed by atoms with Crippen molar-refractivity contribution < 1.29 is 24.0 Å². The van der Waals surface area contributed by atoms with Gasteiger partial charge in [0.05, 0.1) is 23.5 Å². The number of hydrogen-bond acceptors (Lipinski definition) is 6. The average molecular weight is 400 g/mol. The summed E-state index contributed by atoms with van der Waals surface area (Å²) in [6, 6.07) is 4.29. The number of Topliss-reactive ketones (excluding diaryl/α,β-unsaturated/α-hetero) is 1. The number of benzene rings is 1. The van der Waals surface area contributed by atoms with Crippen LogP contribution in [-0.4, -0.2) is 29.1 Å². The largest absolute Gasteiger partial charge is 0.487 e. The summed E-state index contributed by atoms with van der Waals surface area (Å²) in [6.45, 7) is 0.404. The van der Waals surface area contributed by atoms with E-state index in [1.807, 2.05) is 0 Å². The van der Waals surface area contributed by atoms with Crippen LogP contribution in [0.2, 0.25) is 0 Å². The molecule has 0 bridgehead atoms. The number of carbonyl (C=O) groups is 3. The van der Waals surface area contributed by atoms with Crippen LogP contribution in [0.3, 0.4) is 0 Å². The van der Waals surface area contributed by atoms with Crippen LogP contribution in [0.1, 0.15) is 56.9 Å². The lowest BCUT2D eigenvalue weighted by molar-refractivity contribution is -0.385. The number of piperidine rings is 1. The lowest BCUT2D eigenvalue weighted by Crippen LogP contribution is -2.40. The zero-order valence-corrected chi connectivity index (χ0v) is 16.1. The molecule has 1 saturated carbocycles. The van der Waals surface area contributed by atoms with E-state index in [2.05, 4.69) is 5.32 Å². The number of nitro groups is 1. The second-order valence-electron chi connectivity index (χ2n) is 7.51. The molecule has 2 fully saturated rings. The molecule has 1 heterocycles. The monoisotopic (exact) mass is 400 g/mol. The molecule has 1 aliphatic carbocycles. The minimum atomic E-state index is -0.794. The van der Waals surface area contributed by atoms with E-state index >= 15 is 0 Å². The normalized spacial score (nSPS) is 19.3. The molecule has 1 N–H and O–H groups in total. The minimum absolute atomic E-state index is 0.162. The van der Waals surface area contributed by atoms with Gasteiger partial charge in [-0.1, -0.05) is 38.2 Å². The first kappa shape index (κ1) is 20.7. The lowest BCUT2D eigenvalue weighted by Gasteiger charge is -2.21. The quantitative estimate of drug-likeness (QED) is 0.143. The molecule has 1 saturated heterocycles. The molecule has 0 radical (unpaired) electrons. The molecule has 8 nitrogen and oxygen atoms in total. The second kappa shape index (κ2) is 9.45. The van der Waals surface area contributed by atoms with E-state index in [1.165, 1.54) is 50.3 Å². The van der Waals surface area contributed by atoms with Crippen molar-refractivity contribution in [2.75, 3.05) is 6.61 Å². The Morgan fingerprint density at radius 2 is 1.93 bits per heavy atom. The molecule has 0 aromatic heterocycles. The molecule has 0 spiro atoms. The second-order valence-corrected chi connectivity index (χ2v) is 7.51. The van der Waals surface area contributed by atoms with Gasteiger partial charge in [-0.25, -0.2) is 0 Å². The van der Waals surface area contributed by atoms with E-state index in [9.17, 15) is 24.5 Å². The maximum Gasteiger partial charge on any atom is 0.311 e. The summed E-state index contributed by atoms with van der Waals surface area (Å²) < 4.78 is 5.64. The van der Waals surface area contributed by atoms with Gasteiger partial charge in [-0.15, -0.1) is 0 Å². The zero-order valence-electron chi connectivity index (χ0n) is 16.1. The third-order valence-corrected chi connectivity index (χ3v) is 5.35. The van der Waals surface area contributed by atoms with Crippen LogP contribution in [0.25, 0.3) is 6.08 Å². The number of carbonyl (C=O) groups excluding carboxylic acids is 3. The van der Waals surface area contributed by atoms with Gasteiger partial charge in [-0.2, -0.15) is 0 Å². The van der Waals surface area contributed by atoms with Crippen molar-refractivity contribution in [1.29, 1.82) is 0 Å². The third-order valence-electron chi connectivity index (χ3n) is 5.35. The van der Waals surface area contributed by atoms with E-state index in [0.29, 0.717) is 12.2 Å². The van der Waals surface area contributed by atoms with Gasteiger partial charge in [-0.05, 0) is 36.5 Å². The Morgan fingerprint density at radius 1 is 1.17 bits per heavy atom. The van der Waals surface area contributed by atoms with E-state index in [1.54, 1.807) is 6.07 Å². The number of nitrogens with one attached hydrogen (secondary N) is 1. The van der Waals surface area contributed by atoms with Crippen LogP contribution >= 0.6 is 0 Å². The Hall–Kier alpha value is -3.03. The van der Waals surface area contributed by atoms with Crippen molar-refractivity contribution in [2.24, 2.45) is 5.92 Å². The van der Waals surface area contributed by atoms with Gasteiger partial charge in [-0.3, -0.25) is 29.8 Å². The highest BCUT2D eigenvalue weighted by Gasteiger charge is 2.28. The van der Waals surface area contributed by atoms with Crippen molar-refractivity contribution in [1.82, 2.24) is 5.32 Å². The summed E-state index contributed by atoms with van der Waals surface area (Å²) in [5, 5.41) is 13.5. The first-order chi connectivity index (χ1) is 13.9. The fourth-order valence-electron chi connectivity index (χ4n) is 3.84. The fraction of sp³-hybridized carbons (Fsp3) is 0.476. The Balaban J connectivity index is 1.66. The third kappa shape index (κ3) is 5.49. The Morgan fingerprint density at radius 3 is 2.62 bits per heavy atom. The maximum absolute atomic E-state index is 11.9. The Labute approximate surface area is 168 Å². The van der Waals surface area contributed by atoms with Crippen molar-refractivity contribution in [3.63, 3.8) is 0 Å². The summed E-state index contributed by atoms with van der Waals surface area (Å²) in [5.74, 6) is -1.17. The van der Waals surface area contributed by atoms with E-state index < -0.39 is 28.9 Å². The number of nitrogens with zero attached hydrogens (tertiary/aromatic N) is 1. The van der Waals surface area contributed by atoms with Gasteiger partial charge in [0.15, 0.2) is 11.5 Å². The predicted molar refractivity (Wildman–Crippen MR) is 105 cm³/mol. The number of nitro benzene ring substituents is 1. The predicted octanol–water partition coefficient (Wildman–Crippen LogP) is 3.33. The van der Waals surface area contributed by atoms with Crippen molar-refractivity contribution in [3.8, 4) is 5.75 Å². The molecule has 3 rings (SSSR count). The SMILES string of the molecule is O=C1CC(=O)/C(=C\c2ccc(OCCCC3CCCCC3)c([N+](=O)[O-])c2)C(=O)N1. The number of amides is 2. The number of imide groups is 1. The Kier molecular flexibility index (Phi) is 6.74. The van der Waals surface area contributed by atoms with Gasteiger partial charge in [0.2, 0.25) is 5.91 Å². The topological polar surface area (TPSA) is 116 Å². The zero-order chi connectivity index (χ0) is 20.8. The number of rotatable bonds is 7. The summed E-state index contributed by atoms with van der Waals surface area (Å²) in [4.78, 5) is 45.8. The molecular weight excluding hydrogens is 376 g/mol. The summed E-state index contributed by atoms with van der Waals surface area (Å²) in [6.07, 6.45) is 9.12. The van der Waals surface area contributed by atoms with Crippen LogP contribution in [0, 0.1) is 16.0 Å². The van der Waals surface area contributed by atoms with Gasteiger partial charge < -0.3 is 4.74 Å². The highest BCUT2D eigenvalue weighted by molar-refractivity contribution is 6.32. The molecule has 8 heteroatoms. The van der Waals surface area contributed by atoms with E-state index in [-0.39, 0.29) is 17.0 Å². The van der Waals surface area contributed by atoms with Crippen molar-refractivity contribution in [3.05, 3.63) is 39.4 Å². The molecule has 29 heavy (non-hydrogen) atoms. The molecule has 1 aliphatic heterocycles. The van der Waals surface area contributed by atoms with Crippen LogP contribution in [0.4, 0.5) is 5.69 Å². The van der Waals surface area contributed by atoms with E-state index in [0.717, 1.165) is 18.8 Å². The Bertz CT molecular complexity index is 833. The van der Waals surface area contributed by atoms with Crippen molar-refractivity contribution in [2.45, 2.75) is 51.4 Å². The van der Waals surface area contributed by atoms with E-state index in [4.69, 9.17) is 4.74 Å². The molecule has 0 unspecified atom stereocenters. The number of ether oxygens (including phenoxy) is 1. The van der Waals surface area contributed by atoms with Gasteiger partial charge in [0.25, 0.3) is 5.91 Å². The highest BCUT2D eigenvalue weighted by Crippen LogP contribution is 2.31. The minimum Gasteiger partial charge on any atom is -0.487 e. The summed E-state index contributed by atoms with van der Waals surface area (Å²) in [5.41, 5.74) is -0.101. The van der Waals surface area contributed by atoms with Crippen LogP contribution in [0.15, 0.2) is 23.8 Å². The molecule has 2 aliphatic rings. The van der Waals surface area contributed by atoms with Crippen LogP contribution in [-0.2, 0) is 14.4 Å². The maximum atomic E-state index is 11.9. The number of hydrogen-bond donors (Lipinski definition) is 1. The first-order valence-electron chi connectivity index (χ1n) is 9.94. The van der Waals surface area contributed by atoms with Gasteiger partial charge in [0, 0.05) is 6.07 Å². The lowest BCUT2D eigenvalue weighted by atomic mass is 9.86. The molecule has 1 aromatic carbocycles. The molecular formula is C21H24N2O6. The molecule has 0 atom stereocenters.